The molecular weight excluding hydrogens is 554 g/mol. The molecule has 0 aliphatic carbocycles. The molecule has 6 nitrogen and oxygen atoms in total. The number of halogens is 5. The van der Waals surface area contributed by atoms with Gasteiger partial charge < -0.3 is 9.47 Å². The van der Waals surface area contributed by atoms with E-state index in [4.69, 9.17) is 32.7 Å². The summed E-state index contributed by atoms with van der Waals surface area (Å²) in [6, 6.07) is 19.6. The Hall–Kier alpha value is -3.69. The van der Waals surface area contributed by atoms with Gasteiger partial charge in [-0.3, -0.25) is 5.32 Å². The molecule has 204 valence electrons. The molecule has 1 heterocycles. The van der Waals surface area contributed by atoms with E-state index in [1.54, 1.807) is 63.2 Å². The van der Waals surface area contributed by atoms with E-state index in [2.05, 4.69) is 10.4 Å². The highest BCUT2D eigenvalue weighted by molar-refractivity contribution is 6.37. The van der Waals surface area contributed by atoms with Crippen molar-refractivity contribution in [1.29, 1.82) is 0 Å². The minimum Gasteiger partial charge on any atom is -0.487 e. The van der Waals surface area contributed by atoms with Gasteiger partial charge in [-0.05, 0) is 62.7 Å². The molecular formula is C28H24Cl2F3N3O3. The fraction of sp³-hybridized carbons (Fsp3) is 0.214. The molecule has 0 saturated heterocycles. The second kappa shape index (κ2) is 11.2. The maximum Gasteiger partial charge on any atom is 0.435 e. The molecule has 1 amide bonds. The van der Waals surface area contributed by atoms with Gasteiger partial charge in [-0.1, -0.05) is 59.6 Å². The number of hydrogen-bond donors (Lipinski definition) is 1. The Morgan fingerprint density at radius 1 is 0.949 bits per heavy atom. The summed E-state index contributed by atoms with van der Waals surface area (Å²) in [5, 5.41) is 6.73. The Morgan fingerprint density at radius 2 is 1.59 bits per heavy atom. The second-order valence-corrected chi connectivity index (χ2v) is 10.3. The van der Waals surface area contributed by atoms with Crippen LogP contribution in [-0.4, -0.2) is 21.5 Å². The fourth-order valence-corrected chi connectivity index (χ4v) is 4.25. The van der Waals surface area contributed by atoms with Crippen LogP contribution in [0.25, 0.3) is 16.8 Å². The van der Waals surface area contributed by atoms with Crippen LogP contribution in [0.5, 0.6) is 5.75 Å². The molecule has 0 saturated carbocycles. The molecule has 0 spiro atoms. The number of benzene rings is 3. The number of alkyl halides is 3. The maximum absolute atomic E-state index is 13.4. The highest BCUT2D eigenvalue weighted by Gasteiger charge is 2.35. The first-order valence-electron chi connectivity index (χ1n) is 11.7. The van der Waals surface area contributed by atoms with Crippen molar-refractivity contribution in [2.45, 2.75) is 39.2 Å². The molecule has 39 heavy (non-hydrogen) atoms. The van der Waals surface area contributed by atoms with Gasteiger partial charge in [0.05, 0.1) is 21.4 Å². The SMILES string of the molecule is CC(C)(C)OC(=O)Nc1ccccc1-c1ccc(OCc2cc(C(F)(F)F)nn2-c2c(Cl)cccc2Cl)cc1. The summed E-state index contributed by atoms with van der Waals surface area (Å²) in [6.07, 6.45) is -5.25. The van der Waals surface area contributed by atoms with Crippen molar-refractivity contribution in [2.24, 2.45) is 0 Å². The van der Waals surface area contributed by atoms with Crippen LogP contribution in [0, 0.1) is 0 Å². The number of nitrogens with zero attached hydrogens (tertiary/aromatic N) is 2. The zero-order chi connectivity index (χ0) is 28.4. The minimum absolute atomic E-state index is 0.105. The van der Waals surface area contributed by atoms with E-state index in [0.29, 0.717) is 11.4 Å². The summed E-state index contributed by atoms with van der Waals surface area (Å²) in [6.45, 7) is 5.09. The Labute approximate surface area is 233 Å². The molecule has 11 heteroatoms. The Bertz CT molecular complexity index is 1460. The van der Waals surface area contributed by atoms with Crippen LogP contribution in [0.4, 0.5) is 23.7 Å². The first-order chi connectivity index (χ1) is 18.3. The molecule has 1 N–H and O–H groups in total. The third-order valence-electron chi connectivity index (χ3n) is 5.34. The Balaban J connectivity index is 1.55. The molecule has 0 aliphatic rings. The number of nitrogens with one attached hydrogen (secondary N) is 1. The van der Waals surface area contributed by atoms with Gasteiger partial charge in [0.2, 0.25) is 0 Å². The van der Waals surface area contributed by atoms with Gasteiger partial charge in [0.1, 0.15) is 23.6 Å². The third-order valence-corrected chi connectivity index (χ3v) is 5.95. The lowest BCUT2D eigenvalue weighted by atomic mass is 10.0. The van der Waals surface area contributed by atoms with Crippen molar-refractivity contribution in [3.8, 4) is 22.6 Å². The van der Waals surface area contributed by atoms with Crippen molar-refractivity contribution in [3.05, 3.63) is 94.2 Å². The molecule has 4 aromatic rings. The number of ether oxygens (including phenoxy) is 2. The van der Waals surface area contributed by atoms with Crippen LogP contribution in [0.2, 0.25) is 10.0 Å². The van der Waals surface area contributed by atoms with Crippen LogP contribution in [0.15, 0.2) is 72.8 Å². The predicted molar refractivity (Wildman–Crippen MR) is 145 cm³/mol. The molecule has 4 rings (SSSR count). The smallest absolute Gasteiger partial charge is 0.435 e. The largest absolute Gasteiger partial charge is 0.487 e. The number of hydrogen-bond acceptors (Lipinski definition) is 4. The van der Waals surface area contributed by atoms with Gasteiger partial charge >= 0.3 is 12.3 Å². The van der Waals surface area contributed by atoms with Gasteiger partial charge in [-0.15, -0.1) is 0 Å². The lowest BCUT2D eigenvalue weighted by Gasteiger charge is -2.20. The summed E-state index contributed by atoms with van der Waals surface area (Å²) >= 11 is 12.5. The zero-order valence-electron chi connectivity index (χ0n) is 21.1. The summed E-state index contributed by atoms with van der Waals surface area (Å²) < 4.78 is 52.5. The second-order valence-electron chi connectivity index (χ2n) is 9.49. The average Bonchev–Trinajstić information content (AvgIpc) is 3.27. The minimum atomic E-state index is -4.67. The van der Waals surface area contributed by atoms with Gasteiger partial charge in [0.25, 0.3) is 0 Å². The van der Waals surface area contributed by atoms with Crippen molar-refractivity contribution >= 4 is 35.0 Å². The van der Waals surface area contributed by atoms with Crippen molar-refractivity contribution in [1.82, 2.24) is 9.78 Å². The molecule has 0 bridgehead atoms. The van der Waals surface area contributed by atoms with Gasteiger partial charge in [0, 0.05) is 5.56 Å². The Kier molecular flexibility index (Phi) is 8.13. The highest BCUT2D eigenvalue weighted by Crippen LogP contribution is 2.34. The Morgan fingerprint density at radius 3 is 2.21 bits per heavy atom. The third kappa shape index (κ3) is 7.04. The first kappa shape index (κ1) is 28.3. The number of amides is 1. The average molecular weight is 578 g/mol. The van der Waals surface area contributed by atoms with Crippen LogP contribution in [0.1, 0.15) is 32.2 Å². The van der Waals surface area contributed by atoms with Gasteiger partial charge in [0.15, 0.2) is 5.69 Å². The molecule has 0 radical (unpaired) electrons. The van der Waals surface area contributed by atoms with Crippen LogP contribution in [-0.2, 0) is 17.5 Å². The van der Waals surface area contributed by atoms with Crippen molar-refractivity contribution < 1.29 is 27.4 Å². The maximum atomic E-state index is 13.4. The number of anilines is 1. The van der Waals surface area contributed by atoms with E-state index in [0.717, 1.165) is 21.9 Å². The summed E-state index contributed by atoms with van der Waals surface area (Å²) in [5.41, 5.74) is 0.568. The van der Waals surface area contributed by atoms with Gasteiger partial charge in [-0.25, -0.2) is 9.48 Å². The van der Waals surface area contributed by atoms with E-state index < -0.39 is 23.6 Å². The summed E-state index contributed by atoms with van der Waals surface area (Å²) in [4.78, 5) is 12.3. The number of rotatable bonds is 6. The highest BCUT2D eigenvalue weighted by atomic mass is 35.5. The monoisotopic (exact) mass is 577 g/mol. The quantitative estimate of drug-likeness (QED) is 0.248. The number of carbonyl (C=O) groups excluding carboxylic acids is 1. The zero-order valence-corrected chi connectivity index (χ0v) is 22.7. The van der Waals surface area contributed by atoms with Gasteiger partial charge in [-0.2, -0.15) is 18.3 Å². The first-order valence-corrected chi connectivity index (χ1v) is 12.5. The molecule has 0 atom stereocenters. The fourth-order valence-electron chi connectivity index (χ4n) is 3.69. The molecule has 0 fully saturated rings. The van der Waals surface area contributed by atoms with Crippen molar-refractivity contribution in [2.75, 3.05) is 5.32 Å². The van der Waals surface area contributed by atoms with E-state index in [1.165, 1.54) is 12.1 Å². The summed E-state index contributed by atoms with van der Waals surface area (Å²) in [5.74, 6) is 0.405. The van der Waals surface area contributed by atoms with E-state index in [1.807, 2.05) is 12.1 Å². The molecule has 0 unspecified atom stereocenters. The predicted octanol–water partition coefficient (Wildman–Crippen LogP) is 8.79. The summed E-state index contributed by atoms with van der Waals surface area (Å²) in [7, 11) is 0. The normalized spacial score (nSPS) is 11.8. The number of carbonyl (C=O) groups is 1. The van der Waals surface area contributed by atoms with Crippen LogP contribution < -0.4 is 10.1 Å². The lowest BCUT2D eigenvalue weighted by molar-refractivity contribution is -0.141. The van der Waals surface area contributed by atoms with E-state index in [-0.39, 0.29) is 28.0 Å². The molecule has 1 aromatic heterocycles. The van der Waals surface area contributed by atoms with Crippen LogP contribution >= 0.6 is 23.2 Å². The molecule has 3 aromatic carbocycles. The van der Waals surface area contributed by atoms with E-state index >= 15 is 0 Å². The number of aromatic nitrogens is 2. The lowest BCUT2D eigenvalue weighted by Crippen LogP contribution is -2.27. The standard InChI is InChI=1S/C28H24Cl2F3N3O3/c1-27(2,3)39-26(37)34-23-10-5-4-7-20(23)17-11-13-19(14-12-17)38-16-18-15-24(28(31,32)33)35-36(18)25-21(29)8-6-9-22(25)30/h4-15H,16H2,1-3H3,(H,34,37). The molecule has 0 aliphatic heterocycles. The topological polar surface area (TPSA) is 65.4 Å². The van der Waals surface area contributed by atoms with Crippen LogP contribution in [0.3, 0.4) is 0 Å². The van der Waals surface area contributed by atoms with Crippen molar-refractivity contribution in [3.63, 3.8) is 0 Å². The van der Waals surface area contributed by atoms with E-state index in [9.17, 15) is 18.0 Å². The number of para-hydroxylation sites is 2.